The molecule has 0 aromatic heterocycles. The van der Waals surface area contributed by atoms with Crippen LogP contribution in [0.5, 0.6) is 0 Å². The van der Waals surface area contributed by atoms with Crippen LogP contribution in [0, 0.1) is 0 Å². The standard InChI is InChI=1S/C18H30O3/c1-2-3-10-13-16-17(21-16)14-11-8-6-4-5-7-9-12-15-18(19)20/h4-5,8,11,16-17H,2-3,6-7,9-10,12-15H2,1H3,(H,19,20)/b5-4-,11-8-. The zero-order chi connectivity index (χ0) is 15.3. The number of epoxide rings is 1. The van der Waals surface area contributed by atoms with E-state index in [4.69, 9.17) is 9.84 Å². The normalized spacial score (nSPS) is 21.4. The highest BCUT2D eigenvalue weighted by atomic mass is 16.6. The number of ether oxygens (including phenoxy) is 1. The van der Waals surface area contributed by atoms with Gasteiger partial charge >= 0.3 is 5.97 Å². The Hall–Kier alpha value is -1.09. The number of aliphatic carboxylic acids is 1. The van der Waals surface area contributed by atoms with Crippen molar-refractivity contribution in [1.29, 1.82) is 0 Å². The van der Waals surface area contributed by atoms with Crippen LogP contribution in [0.15, 0.2) is 24.3 Å². The molecule has 0 radical (unpaired) electrons. The predicted molar refractivity (Wildman–Crippen MR) is 86.4 cm³/mol. The van der Waals surface area contributed by atoms with Gasteiger partial charge in [-0.3, -0.25) is 4.79 Å². The highest BCUT2D eigenvalue weighted by molar-refractivity contribution is 5.66. The van der Waals surface area contributed by atoms with Crippen LogP contribution in [0.25, 0.3) is 0 Å². The van der Waals surface area contributed by atoms with Crippen molar-refractivity contribution in [3.8, 4) is 0 Å². The SMILES string of the molecule is CCCCCC1OC1C/C=C\C/C=C\CCCCC(=O)O. The predicted octanol–water partition coefficient (Wildman–Crippen LogP) is 4.87. The van der Waals surface area contributed by atoms with E-state index in [1.165, 1.54) is 25.7 Å². The monoisotopic (exact) mass is 294 g/mol. The Morgan fingerprint density at radius 2 is 1.86 bits per heavy atom. The second kappa shape index (κ2) is 11.6. The molecular weight excluding hydrogens is 264 g/mol. The summed E-state index contributed by atoms with van der Waals surface area (Å²) >= 11 is 0. The first-order valence-electron chi connectivity index (χ1n) is 8.41. The maximum Gasteiger partial charge on any atom is 0.303 e. The summed E-state index contributed by atoms with van der Waals surface area (Å²) in [7, 11) is 0. The van der Waals surface area contributed by atoms with Crippen molar-refractivity contribution in [2.24, 2.45) is 0 Å². The van der Waals surface area contributed by atoms with E-state index in [-0.39, 0.29) is 6.42 Å². The zero-order valence-electron chi connectivity index (χ0n) is 13.3. The average molecular weight is 294 g/mol. The van der Waals surface area contributed by atoms with Crippen molar-refractivity contribution in [2.75, 3.05) is 0 Å². The van der Waals surface area contributed by atoms with Gasteiger partial charge in [-0.15, -0.1) is 0 Å². The fourth-order valence-electron chi connectivity index (χ4n) is 2.39. The third-order valence-electron chi connectivity index (χ3n) is 3.77. The Balaban J connectivity index is 1.88. The molecule has 2 unspecified atom stereocenters. The largest absolute Gasteiger partial charge is 0.481 e. The van der Waals surface area contributed by atoms with E-state index in [2.05, 4.69) is 31.2 Å². The molecule has 21 heavy (non-hydrogen) atoms. The van der Waals surface area contributed by atoms with Gasteiger partial charge in [0.05, 0.1) is 12.2 Å². The van der Waals surface area contributed by atoms with Crippen LogP contribution in [-0.2, 0) is 9.53 Å². The molecule has 0 bridgehead atoms. The summed E-state index contributed by atoms with van der Waals surface area (Å²) in [5.41, 5.74) is 0. The van der Waals surface area contributed by atoms with Gasteiger partial charge in [0.25, 0.3) is 0 Å². The molecule has 1 N–H and O–H groups in total. The van der Waals surface area contributed by atoms with Crippen LogP contribution < -0.4 is 0 Å². The lowest BCUT2D eigenvalue weighted by Crippen LogP contribution is -1.92. The quantitative estimate of drug-likeness (QED) is 0.299. The van der Waals surface area contributed by atoms with E-state index in [9.17, 15) is 4.79 Å². The maximum absolute atomic E-state index is 10.3. The van der Waals surface area contributed by atoms with Crippen molar-refractivity contribution in [1.82, 2.24) is 0 Å². The van der Waals surface area contributed by atoms with E-state index in [1.807, 2.05) is 0 Å². The first kappa shape index (κ1) is 18.0. The number of rotatable bonds is 13. The second-order valence-corrected chi connectivity index (χ2v) is 5.76. The number of carbonyl (C=O) groups is 1. The smallest absolute Gasteiger partial charge is 0.303 e. The molecule has 1 rings (SSSR count). The molecule has 1 fully saturated rings. The van der Waals surface area contributed by atoms with Gasteiger partial charge in [-0.1, -0.05) is 50.5 Å². The summed E-state index contributed by atoms with van der Waals surface area (Å²) in [5.74, 6) is -0.697. The lowest BCUT2D eigenvalue weighted by atomic mass is 10.1. The number of carboxylic acid groups (broad SMARTS) is 1. The van der Waals surface area contributed by atoms with Crippen molar-refractivity contribution >= 4 is 5.97 Å². The summed E-state index contributed by atoms with van der Waals surface area (Å²) < 4.78 is 5.64. The molecule has 0 saturated carbocycles. The van der Waals surface area contributed by atoms with Gasteiger partial charge in [0.15, 0.2) is 0 Å². The number of hydrogen-bond acceptors (Lipinski definition) is 2. The highest BCUT2D eigenvalue weighted by Gasteiger charge is 2.36. The number of hydrogen-bond donors (Lipinski definition) is 1. The van der Waals surface area contributed by atoms with Crippen LogP contribution in [-0.4, -0.2) is 23.3 Å². The minimum atomic E-state index is -0.697. The van der Waals surface area contributed by atoms with Crippen LogP contribution in [0.2, 0.25) is 0 Å². The molecule has 0 aliphatic carbocycles. The molecule has 0 spiro atoms. The van der Waals surface area contributed by atoms with Gasteiger partial charge in [-0.2, -0.15) is 0 Å². The third kappa shape index (κ3) is 10.3. The molecule has 0 aromatic carbocycles. The minimum absolute atomic E-state index is 0.286. The average Bonchev–Trinajstić information content (AvgIpc) is 3.19. The summed E-state index contributed by atoms with van der Waals surface area (Å²) in [6.45, 7) is 2.23. The van der Waals surface area contributed by atoms with Crippen LogP contribution in [0.4, 0.5) is 0 Å². The zero-order valence-corrected chi connectivity index (χ0v) is 13.3. The molecule has 120 valence electrons. The Kier molecular flexibility index (Phi) is 9.88. The van der Waals surface area contributed by atoms with Crippen LogP contribution in [0.1, 0.15) is 71.1 Å². The molecule has 3 heteroatoms. The van der Waals surface area contributed by atoms with E-state index >= 15 is 0 Å². The molecule has 2 atom stereocenters. The van der Waals surface area contributed by atoms with E-state index in [0.29, 0.717) is 12.2 Å². The van der Waals surface area contributed by atoms with Gasteiger partial charge in [0, 0.05) is 6.42 Å². The lowest BCUT2D eigenvalue weighted by molar-refractivity contribution is -0.137. The maximum atomic E-state index is 10.3. The molecule has 0 amide bonds. The topological polar surface area (TPSA) is 49.8 Å². The molecule has 1 saturated heterocycles. The van der Waals surface area contributed by atoms with Gasteiger partial charge in [0.1, 0.15) is 0 Å². The highest BCUT2D eigenvalue weighted by Crippen LogP contribution is 2.30. The minimum Gasteiger partial charge on any atom is -0.481 e. The number of allylic oxidation sites excluding steroid dienone is 3. The van der Waals surface area contributed by atoms with E-state index < -0.39 is 5.97 Å². The summed E-state index contributed by atoms with van der Waals surface area (Å²) in [6, 6.07) is 0. The van der Waals surface area contributed by atoms with Gasteiger partial charge in [0.2, 0.25) is 0 Å². The first-order valence-corrected chi connectivity index (χ1v) is 8.41. The van der Waals surface area contributed by atoms with Crippen LogP contribution in [0.3, 0.4) is 0 Å². The molecule has 0 aromatic rings. The fraction of sp³-hybridized carbons (Fsp3) is 0.722. The summed E-state index contributed by atoms with van der Waals surface area (Å²) in [5, 5.41) is 8.50. The molecule has 1 heterocycles. The molecular formula is C18H30O3. The summed E-state index contributed by atoms with van der Waals surface area (Å²) in [4.78, 5) is 10.3. The van der Waals surface area contributed by atoms with Crippen molar-refractivity contribution in [3.63, 3.8) is 0 Å². The van der Waals surface area contributed by atoms with Crippen molar-refractivity contribution < 1.29 is 14.6 Å². The summed E-state index contributed by atoms with van der Waals surface area (Å²) in [6.07, 6.45) is 19.8. The van der Waals surface area contributed by atoms with E-state index in [0.717, 1.165) is 32.1 Å². The Morgan fingerprint density at radius 1 is 1.05 bits per heavy atom. The Bertz CT molecular complexity index is 333. The first-order chi connectivity index (χ1) is 10.2. The number of carboxylic acids is 1. The Labute approximate surface area is 129 Å². The third-order valence-corrected chi connectivity index (χ3v) is 3.77. The van der Waals surface area contributed by atoms with Gasteiger partial charge in [-0.05, 0) is 38.5 Å². The van der Waals surface area contributed by atoms with E-state index in [1.54, 1.807) is 0 Å². The van der Waals surface area contributed by atoms with Crippen LogP contribution >= 0.6 is 0 Å². The van der Waals surface area contributed by atoms with Crippen molar-refractivity contribution in [2.45, 2.75) is 83.3 Å². The van der Waals surface area contributed by atoms with Crippen molar-refractivity contribution in [3.05, 3.63) is 24.3 Å². The Morgan fingerprint density at radius 3 is 2.62 bits per heavy atom. The lowest BCUT2D eigenvalue weighted by Gasteiger charge is -1.93. The van der Waals surface area contributed by atoms with Gasteiger partial charge in [-0.25, -0.2) is 0 Å². The second-order valence-electron chi connectivity index (χ2n) is 5.76. The molecule has 3 nitrogen and oxygen atoms in total. The fourth-order valence-corrected chi connectivity index (χ4v) is 2.39. The van der Waals surface area contributed by atoms with Gasteiger partial charge < -0.3 is 9.84 Å². The molecule has 1 aliphatic heterocycles. The molecule has 1 aliphatic rings. The number of unbranched alkanes of at least 4 members (excludes halogenated alkanes) is 4.